The summed E-state index contributed by atoms with van der Waals surface area (Å²) in [6.07, 6.45) is 11.5. The van der Waals surface area contributed by atoms with E-state index in [1.54, 1.807) is 46.6 Å². The number of rotatable bonds is 19. The van der Waals surface area contributed by atoms with E-state index in [4.69, 9.17) is 21.7 Å². The van der Waals surface area contributed by atoms with E-state index < -0.39 is 23.8 Å². The van der Waals surface area contributed by atoms with Crippen molar-refractivity contribution in [1.29, 1.82) is 0 Å². The minimum absolute atomic E-state index is 0.0549. The fourth-order valence-corrected chi connectivity index (χ4v) is 15.1. The molecule has 6 aliphatic rings. The number of allylic oxidation sites excluding steroid dienone is 1. The van der Waals surface area contributed by atoms with Crippen LogP contribution in [0.5, 0.6) is 5.75 Å². The fourth-order valence-electron chi connectivity index (χ4n) is 14.3. The van der Waals surface area contributed by atoms with Crippen LogP contribution >= 0.6 is 11.3 Å². The van der Waals surface area contributed by atoms with Gasteiger partial charge in [-0.25, -0.2) is 13.8 Å². The van der Waals surface area contributed by atoms with Crippen LogP contribution in [0, 0.1) is 30.1 Å². The van der Waals surface area contributed by atoms with Crippen LogP contribution < -0.4 is 27.4 Å². The summed E-state index contributed by atoms with van der Waals surface area (Å²) in [5.74, 6) is -2.18. The van der Waals surface area contributed by atoms with E-state index in [0.717, 1.165) is 112 Å². The Labute approximate surface area is 482 Å². The molecule has 440 valence electrons. The molecule has 16 nitrogen and oxygen atoms in total. The number of hydrogen-bond donors (Lipinski definition) is 5. The predicted molar refractivity (Wildman–Crippen MR) is 316 cm³/mol. The molecule has 10 rings (SSSR count). The molecule has 0 radical (unpaired) electrons. The number of halogens is 2. The lowest BCUT2D eigenvalue weighted by Gasteiger charge is -2.57. The lowest BCUT2D eigenvalue weighted by molar-refractivity contribution is -0.141. The van der Waals surface area contributed by atoms with Gasteiger partial charge in [-0.2, -0.15) is 0 Å². The molecule has 1 saturated carbocycles. The van der Waals surface area contributed by atoms with Crippen LogP contribution in [0.25, 0.3) is 16.1 Å². The number of anilines is 1. The molecule has 5 saturated heterocycles. The van der Waals surface area contributed by atoms with E-state index >= 15 is 8.78 Å². The van der Waals surface area contributed by atoms with Crippen molar-refractivity contribution in [2.24, 2.45) is 40.4 Å². The first-order valence-corrected chi connectivity index (χ1v) is 30.9. The third-order valence-corrected chi connectivity index (χ3v) is 20.3. The number of likely N-dealkylation sites (tertiary alicyclic amines) is 4. The average Bonchev–Trinajstić information content (AvgIpc) is 4.40. The van der Waals surface area contributed by atoms with Gasteiger partial charge in [-0.05, 0) is 151 Å². The molecule has 81 heavy (non-hydrogen) atoms. The van der Waals surface area contributed by atoms with Gasteiger partial charge in [0.25, 0.3) is 5.92 Å². The van der Waals surface area contributed by atoms with E-state index in [9.17, 15) is 14.7 Å². The molecular formula is C62H88F2N12O4S. The molecule has 1 aliphatic carbocycles. The maximum absolute atomic E-state index is 15.9. The Morgan fingerprint density at radius 1 is 0.926 bits per heavy atom. The topological polar surface area (TPSA) is 203 Å². The summed E-state index contributed by atoms with van der Waals surface area (Å²) >= 11 is 1.62. The first kappa shape index (κ1) is 58.4. The second-order valence-electron chi connectivity index (χ2n) is 24.9. The molecule has 5 unspecified atom stereocenters. The highest BCUT2D eigenvalue weighted by molar-refractivity contribution is 7.13. The van der Waals surface area contributed by atoms with Crippen molar-refractivity contribution in [3.8, 4) is 16.2 Å². The number of nitrogens with one attached hydrogen (secondary N) is 1. The lowest BCUT2D eigenvalue weighted by Crippen LogP contribution is -2.60. The smallest absolute Gasteiger partial charge is 0.254 e. The molecule has 6 fully saturated rings. The Morgan fingerprint density at radius 2 is 1.65 bits per heavy atom. The van der Waals surface area contributed by atoms with Crippen LogP contribution in [0.4, 0.5) is 14.6 Å². The van der Waals surface area contributed by atoms with Crippen LogP contribution in [0.3, 0.4) is 0 Å². The number of para-hydroxylation sites is 1. The zero-order valence-corrected chi connectivity index (χ0v) is 49.2. The molecular weight excluding hydrogens is 1050 g/mol. The maximum atomic E-state index is 15.9. The molecule has 5 aliphatic heterocycles. The van der Waals surface area contributed by atoms with E-state index in [1.165, 1.54) is 12.8 Å². The summed E-state index contributed by atoms with van der Waals surface area (Å²) < 4.78 is 37.8. The Balaban J connectivity index is 0.660. The van der Waals surface area contributed by atoms with Crippen molar-refractivity contribution < 1.29 is 28.0 Å². The fraction of sp³-hybridized carbons (Fsp3) is 0.613. The van der Waals surface area contributed by atoms with Gasteiger partial charge in [0.05, 0.1) is 27.8 Å². The lowest BCUT2D eigenvalue weighted by atomic mass is 9.59. The van der Waals surface area contributed by atoms with Crippen molar-refractivity contribution in [2.45, 2.75) is 141 Å². The number of nitrogens with zero attached hydrogens (tertiary/aromatic N) is 8. The van der Waals surface area contributed by atoms with Gasteiger partial charge < -0.3 is 51.7 Å². The highest BCUT2D eigenvalue weighted by atomic mass is 32.1. The number of carbonyl (C=O) groups is 2. The molecule has 2 amide bonds. The maximum Gasteiger partial charge on any atom is 0.254 e. The van der Waals surface area contributed by atoms with Gasteiger partial charge in [-0.15, -0.1) is 11.3 Å². The van der Waals surface area contributed by atoms with Crippen LogP contribution in [0.1, 0.15) is 133 Å². The predicted octanol–water partition coefficient (Wildman–Crippen LogP) is 8.71. The average molecular weight is 1140 g/mol. The molecule has 7 heterocycles. The van der Waals surface area contributed by atoms with E-state index in [-0.39, 0.29) is 47.8 Å². The Kier molecular flexibility index (Phi) is 18.0. The summed E-state index contributed by atoms with van der Waals surface area (Å²) in [6.45, 7) is 18.8. The number of aromatic hydroxyl groups is 1. The van der Waals surface area contributed by atoms with Crippen LogP contribution in [0.15, 0.2) is 82.2 Å². The minimum Gasteiger partial charge on any atom is -0.507 e. The number of amides is 2. The SMILES string of the molecule is CCN(CC1CCCN1CC1CN(C2CC3(CCN(CC4CCN(c5cc(C(C(=O)N6CCCC6C(=O)NC(C)c6ccc(-c7scnc7C)cc6)C(C)C)on5)CC4)CC3)C2)CCC1(F)F)C(/C=C(\N)c1ccccc1O)=C(N)N. The molecule has 8 N–H and O–H groups in total. The summed E-state index contributed by atoms with van der Waals surface area (Å²) in [7, 11) is 0. The van der Waals surface area contributed by atoms with Crippen LogP contribution in [-0.2, 0) is 9.59 Å². The zero-order valence-electron chi connectivity index (χ0n) is 48.4. The Morgan fingerprint density at radius 3 is 2.33 bits per heavy atom. The third-order valence-electron chi connectivity index (χ3n) is 19.3. The third kappa shape index (κ3) is 13.1. The summed E-state index contributed by atoms with van der Waals surface area (Å²) in [4.78, 5) is 47.2. The van der Waals surface area contributed by atoms with Gasteiger partial charge in [0.1, 0.15) is 23.5 Å². The van der Waals surface area contributed by atoms with Crippen molar-refractivity contribution in [2.75, 3.05) is 83.4 Å². The van der Waals surface area contributed by atoms with Gasteiger partial charge in [0.15, 0.2) is 11.6 Å². The molecule has 19 heteroatoms. The second-order valence-corrected chi connectivity index (χ2v) is 25.8. The normalized spacial score (nSPS) is 23.9. The number of phenols is 1. The highest BCUT2D eigenvalue weighted by Crippen LogP contribution is 2.52. The van der Waals surface area contributed by atoms with Gasteiger partial charge >= 0.3 is 0 Å². The molecule has 4 aromatic rings. The standard InChI is InChI=1S/C62H88F2N12O4S/c1-6-72(52(58(66)67)31-50(65)49-12-7-8-14-53(49)77)38-47-11-9-24-74(47)36-46-37-75(30-23-62(46,63)64)48-33-61(34-48)21-28-71(29-22-61)35-43-19-26-73(27-20-43)55-32-54(80-70-55)56(40(2)3)60(79)76-25-10-13-51(76)59(78)69-41(4)44-15-17-45(18-16-44)57-42(5)68-39-81-57/h7-8,12,14-18,31-32,39-41,43,46-48,51,56,77H,6,9-11,13,19-30,33-38,65-67H2,1-5H3,(H,69,78)/b50-31-. The minimum atomic E-state index is -2.72. The molecule has 5 atom stereocenters. The van der Waals surface area contributed by atoms with E-state index in [1.807, 2.05) is 46.2 Å². The number of aryl methyl sites for hydroxylation is 1. The van der Waals surface area contributed by atoms with Crippen molar-refractivity contribution in [3.63, 3.8) is 0 Å². The summed E-state index contributed by atoms with van der Waals surface area (Å²) in [5, 5.41) is 18.1. The number of alkyl halides is 2. The van der Waals surface area contributed by atoms with Crippen LogP contribution in [-0.4, -0.2) is 154 Å². The Hall–Kier alpha value is -5.76. The number of carbonyl (C=O) groups excluding carboxylic acids is 2. The van der Waals surface area contributed by atoms with Gasteiger partial charge in [0, 0.05) is 101 Å². The quantitative estimate of drug-likeness (QED) is 0.0558. The van der Waals surface area contributed by atoms with E-state index in [0.29, 0.717) is 85.8 Å². The number of piperidine rings is 3. The molecule has 2 aromatic heterocycles. The van der Waals surface area contributed by atoms with Gasteiger partial charge in [0.2, 0.25) is 11.8 Å². The van der Waals surface area contributed by atoms with Crippen LogP contribution in [0.2, 0.25) is 0 Å². The largest absolute Gasteiger partial charge is 0.507 e. The van der Waals surface area contributed by atoms with E-state index in [2.05, 4.69) is 64.2 Å². The number of phenolic OH excluding ortho intramolecular Hbond substituents is 1. The second kappa shape index (κ2) is 25.0. The zero-order chi connectivity index (χ0) is 57.2. The Bertz CT molecular complexity index is 2850. The number of benzene rings is 2. The number of likely N-dealkylation sites (N-methyl/N-ethyl adjacent to an activating group) is 1. The first-order chi connectivity index (χ1) is 38.9. The molecule has 1 spiro atoms. The van der Waals surface area contributed by atoms with Crippen molar-refractivity contribution in [1.82, 2.24) is 40.0 Å². The molecule has 2 aromatic carbocycles. The molecule has 0 bridgehead atoms. The van der Waals surface area contributed by atoms with Crippen molar-refractivity contribution >= 4 is 34.7 Å². The number of aromatic nitrogens is 2. The van der Waals surface area contributed by atoms with Gasteiger partial charge in [-0.1, -0.05) is 55.4 Å². The van der Waals surface area contributed by atoms with Crippen molar-refractivity contribution in [3.05, 3.63) is 100 Å². The first-order valence-electron chi connectivity index (χ1n) is 30.1. The summed E-state index contributed by atoms with van der Waals surface area (Å²) in [5.41, 5.74) is 25.6. The monoisotopic (exact) mass is 1130 g/mol. The summed E-state index contributed by atoms with van der Waals surface area (Å²) in [6, 6.07) is 16.7. The number of nitrogens with two attached hydrogens (primary N) is 3. The number of thiazole rings is 1. The highest BCUT2D eigenvalue weighted by Gasteiger charge is 2.53. The number of hydrogen-bond acceptors (Lipinski definition) is 15. The van der Waals surface area contributed by atoms with Gasteiger partial charge in [-0.3, -0.25) is 19.4 Å².